The minimum absolute atomic E-state index is 0. The summed E-state index contributed by atoms with van der Waals surface area (Å²) in [6, 6.07) is 8.76. The number of rotatable bonds is 5. The average Bonchev–Trinajstić information content (AvgIpc) is 2.65. The summed E-state index contributed by atoms with van der Waals surface area (Å²) in [6.07, 6.45) is 0. The summed E-state index contributed by atoms with van der Waals surface area (Å²) >= 11 is 0. The van der Waals surface area contributed by atoms with E-state index in [1.807, 2.05) is 0 Å². The zero-order valence-corrected chi connectivity index (χ0v) is 23.2. The Balaban J connectivity index is 0.00000256. The molecule has 0 amide bonds. The summed E-state index contributed by atoms with van der Waals surface area (Å²) < 4.78 is 71.7. The number of hydrogen-bond acceptors (Lipinski definition) is 9. The summed E-state index contributed by atoms with van der Waals surface area (Å²) in [7, 11) is -8.41. The molecule has 10 nitrogen and oxygen atoms in total. The zero-order chi connectivity index (χ0) is 22.3. The largest absolute Gasteiger partial charge is 1.00 e. The molecule has 14 heteroatoms. The van der Waals surface area contributed by atoms with Gasteiger partial charge in [-0.2, -0.15) is 13.5 Å². The average molecular weight is 496 g/mol. The molecule has 3 rings (SSSR count). The molecule has 0 atom stereocenters. The van der Waals surface area contributed by atoms with Gasteiger partial charge in [0.15, 0.2) is 0 Å². The predicted octanol–water partition coefficient (Wildman–Crippen LogP) is -3.20. The van der Waals surface area contributed by atoms with Gasteiger partial charge in [-0.1, -0.05) is 17.9 Å². The molecule has 158 valence electrons. The van der Waals surface area contributed by atoms with E-state index in [0.29, 0.717) is 5.75 Å². The van der Waals surface area contributed by atoms with E-state index in [4.69, 9.17) is 4.74 Å². The molecule has 0 aromatic heterocycles. The SMILES string of the molecule is COc1ccc(C)cc1N=Nc1c([O-])c(S(=O)(=O)O)cc2cc(S(=O)(=O)[O-])ccc12.[Na+].[Na+]. The Morgan fingerprint density at radius 1 is 0.969 bits per heavy atom. The molecule has 0 fully saturated rings. The van der Waals surface area contributed by atoms with Crippen molar-refractivity contribution in [2.75, 3.05) is 7.11 Å². The Kier molecular flexibility index (Phi) is 9.88. The van der Waals surface area contributed by atoms with Gasteiger partial charge >= 0.3 is 59.1 Å². The van der Waals surface area contributed by atoms with Gasteiger partial charge in [-0.25, -0.2) is 8.42 Å². The van der Waals surface area contributed by atoms with Crippen molar-refractivity contribution in [2.24, 2.45) is 10.2 Å². The number of methoxy groups -OCH3 is 1. The second-order valence-corrected chi connectivity index (χ2v) is 9.01. The molecule has 0 saturated heterocycles. The van der Waals surface area contributed by atoms with E-state index in [0.717, 1.165) is 29.8 Å². The van der Waals surface area contributed by atoms with E-state index in [1.54, 1.807) is 25.1 Å². The monoisotopic (exact) mass is 496 g/mol. The molecular weight excluding hydrogens is 482 g/mol. The van der Waals surface area contributed by atoms with E-state index in [2.05, 4.69) is 10.2 Å². The Labute approximate surface area is 228 Å². The Morgan fingerprint density at radius 3 is 2.19 bits per heavy atom. The molecule has 0 radical (unpaired) electrons. The van der Waals surface area contributed by atoms with E-state index in [1.165, 1.54) is 7.11 Å². The zero-order valence-electron chi connectivity index (χ0n) is 17.6. The number of fused-ring (bicyclic) bond motifs is 1. The molecule has 32 heavy (non-hydrogen) atoms. The van der Waals surface area contributed by atoms with Crippen LogP contribution < -0.4 is 69.0 Å². The molecular formula is C18H14N2Na2O8S2. The van der Waals surface area contributed by atoms with Crippen molar-refractivity contribution >= 4 is 42.4 Å². The second-order valence-electron chi connectivity index (χ2n) is 6.24. The molecule has 0 spiro atoms. The van der Waals surface area contributed by atoms with Gasteiger partial charge in [0.2, 0.25) is 0 Å². The van der Waals surface area contributed by atoms with Gasteiger partial charge in [0, 0.05) is 5.39 Å². The van der Waals surface area contributed by atoms with Crippen LogP contribution in [0, 0.1) is 6.92 Å². The molecule has 3 aromatic carbocycles. The third-order valence-corrected chi connectivity index (χ3v) is 5.85. The van der Waals surface area contributed by atoms with Gasteiger partial charge < -0.3 is 14.4 Å². The molecule has 3 aromatic rings. The van der Waals surface area contributed by atoms with Crippen molar-refractivity contribution in [3.63, 3.8) is 0 Å². The van der Waals surface area contributed by atoms with E-state index in [9.17, 15) is 31.0 Å². The molecule has 0 unspecified atom stereocenters. The quantitative estimate of drug-likeness (QED) is 0.219. The number of benzene rings is 3. The molecule has 1 N–H and O–H groups in total. The van der Waals surface area contributed by atoms with E-state index in [-0.39, 0.29) is 75.6 Å². The maximum Gasteiger partial charge on any atom is 1.00 e. The van der Waals surface area contributed by atoms with Gasteiger partial charge in [0.25, 0.3) is 10.1 Å². The van der Waals surface area contributed by atoms with Gasteiger partial charge in [-0.05, 0) is 48.2 Å². The van der Waals surface area contributed by atoms with Gasteiger partial charge in [-0.15, -0.1) is 5.11 Å². The van der Waals surface area contributed by atoms with Crippen LogP contribution in [0.2, 0.25) is 0 Å². The smallest absolute Gasteiger partial charge is 0.870 e. The van der Waals surface area contributed by atoms with Crippen LogP contribution in [0.25, 0.3) is 10.8 Å². The standard InChI is InChI=1S/C18H16N2O8S2.2Na/c1-10-3-6-15(28-2)14(7-10)19-20-17-13-5-4-12(29(22,23)24)8-11(13)9-16(18(17)21)30(25,26)27;;/h3-9,21H,1-2H3,(H,22,23,24)(H,25,26,27);;/q;2*+1/p-2. The Bertz CT molecular complexity index is 1410. The van der Waals surface area contributed by atoms with Crippen LogP contribution in [0.5, 0.6) is 11.5 Å². The summed E-state index contributed by atoms with van der Waals surface area (Å²) in [6.45, 7) is 1.79. The number of hydrogen-bond donors (Lipinski definition) is 1. The minimum atomic E-state index is -4.96. The first-order valence-corrected chi connectivity index (χ1v) is 11.0. The van der Waals surface area contributed by atoms with Crippen LogP contribution in [-0.4, -0.2) is 33.1 Å². The van der Waals surface area contributed by atoms with Crippen LogP contribution in [0.1, 0.15) is 5.56 Å². The minimum Gasteiger partial charge on any atom is -0.870 e. The second kappa shape index (κ2) is 10.9. The molecule has 0 aliphatic carbocycles. The summed E-state index contributed by atoms with van der Waals surface area (Å²) in [4.78, 5) is -1.67. The maximum atomic E-state index is 12.6. The van der Waals surface area contributed by atoms with Crippen molar-refractivity contribution in [3.8, 4) is 11.5 Å². The number of aryl methyl sites for hydroxylation is 1. The summed E-state index contributed by atoms with van der Waals surface area (Å²) in [5.41, 5.74) is 0.605. The number of ether oxygens (including phenoxy) is 1. The first-order chi connectivity index (χ1) is 13.9. The molecule has 0 saturated carbocycles. The van der Waals surface area contributed by atoms with Crippen molar-refractivity contribution in [3.05, 3.63) is 48.0 Å². The Hall–Kier alpha value is -1.06. The van der Waals surface area contributed by atoms with Crippen molar-refractivity contribution < 1.29 is 94.9 Å². The number of azo groups is 1. The summed E-state index contributed by atoms with van der Waals surface area (Å²) in [5, 5.41) is 20.4. The fourth-order valence-electron chi connectivity index (χ4n) is 2.75. The Morgan fingerprint density at radius 2 is 1.62 bits per heavy atom. The fraction of sp³-hybridized carbons (Fsp3) is 0.111. The van der Waals surface area contributed by atoms with Gasteiger partial charge in [0.1, 0.15) is 21.6 Å². The van der Waals surface area contributed by atoms with Crippen LogP contribution >= 0.6 is 0 Å². The first kappa shape index (κ1) is 29.0. The van der Waals surface area contributed by atoms with E-state index >= 15 is 0 Å². The van der Waals surface area contributed by atoms with Gasteiger partial charge in [0.05, 0.1) is 22.6 Å². The molecule has 0 bridgehead atoms. The van der Waals surface area contributed by atoms with Crippen LogP contribution in [0.3, 0.4) is 0 Å². The third kappa shape index (κ3) is 6.29. The predicted molar refractivity (Wildman–Crippen MR) is 103 cm³/mol. The molecule has 0 aliphatic rings. The summed E-state index contributed by atoms with van der Waals surface area (Å²) in [5.74, 6) is -0.801. The molecule has 0 heterocycles. The van der Waals surface area contributed by atoms with Crippen LogP contribution in [0.15, 0.2) is 62.5 Å². The normalized spacial score (nSPS) is 11.8. The third-order valence-electron chi connectivity index (χ3n) is 4.16. The van der Waals surface area contributed by atoms with Crippen molar-refractivity contribution in [1.29, 1.82) is 0 Å². The van der Waals surface area contributed by atoms with Gasteiger partial charge in [-0.3, -0.25) is 4.55 Å². The topological polar surface area (TPSA) is 169 Å². The number of nitrogens with zero attached hydrogens (tertiary/aromatic N) is 2. The van der Waals surface area contributed by atoms with Crippen LogP contribution in [0.4, 0.5) is 11.4 Å². The van der Waals surface area contributed by atoms with Crippen molar-refractivity contribution in [1.82, 2.24) is 0 Å². The fourth-order valence-corrected chi connectivity index (χ4v) is 3.86. The van der Waals surface area contributed by atoms with Crippen LogP contribution in [-0.2, 0) is 20.2 Å². The molecule has 0 aliphatic heterocycles. The maximum absolute atomic E-state index is 12.6. The van der Waals surface area contributed by atoms with E-state index < -0.39 is 41.5 Å². The first-order valence-electron chi connectivity index (χ1n) is 8.19. The van der Waals surface area contributed by atoms with Crippen molar-refractivity contribution in [2.45, 2.75) is 16.7 Å².